The number of aryl methyl sites for hydroxylation is 1. The zero-order valence-corrected chi connectivity index (χ0v) is 15.4. The third-order valence-electron chi connectivity index (χ3n) is 4.87. The number of hydrogen-bond donors (Lipinski definition) is 2. The fraction of sp³-hybridized carbons (Fsp3) is 0.500. The zero-order chi connectivity index (χ0) is 18.4. The van der Waals surface area contributed by atoms with Crippen molar-refractivity contribution in [3.8, 4) is 11.5 Å². The van der Waals surface area contributed by atoms with Crippen LogP contribution in [0.3, 0.4) is 0 Å². The fourth-order valence-corrected chi connectivity index (χ4v) is 3.37. The SMILES string of the molecule is Cc1ccc(-c2nc(CN3CCCCC3CNC(=O)CCN)co2)cc1. The van der Waals surface area contributed by atoms with Crippen molar-refractivity contribution in [2.45, 2.75) is 45.2 Å². The van der Waals surface area contributed by atoms with Crippen molar-refractivity contribution in [2.24, 2.45) is 5.73 Å². The van der Waals surface area contributed by atoms with Gasteiger partial charge < -0.3 is 15.5 Å². The number of carbonyl (C=O) groups excluding carboxylic acids is 1. The van der Waals surface area contributed by atoms with Gasteiger partial charge in [-0.15, -0.1) is 0 Å². The molecule has 1 fully saturated rings. The summed E-state index contributed by atoms with van der Waals surface area (Å²) in [5.41, 5.74) is 8.58. The molecule has 1 aromatic carbocycles. The van der Waals surface area contributed by atoms with Crippen LogP contribution in [-0.2, 0) is 11.3 Å². The first-order valence-corrected chi connectivity index (χ1v) is 9.38. The van der Waals surface area contributed by atoms with E-state index in [1.165, 1.54) is 18.4 Å². The average molecular weight is 356 g/mol. The Balaban J connectivity index is 1.61. The number of hydrogen-bond acceptors (Lipinski definition) is 5. The molecule has 2 heterocycles. The van der Waals surface area contributed by atoms with Gasteiger partial charge in [0.05, 0.1) is 5.69 Å². The van der Waals surface area contributed by atoms with Crippen molar-refractivity contribution in [3.05, 3.63) is 41.8 Å². The molecule has 1 unspecified atom stereocenters. The summed E-state index contributed by atoms with van der Waals surface area (Å²) in [6, 6.07) is 8.52. The van der Waals surface area contributed by atoms with E-state index in [1.807, 2.05) is 12.1 Å². The average Bonchev–Trinajstić information content (AvgIpc) is 3.10. The zero-order valence-electron chi connectivity index (χ0n) is 15.4. The molecule has 1 saturated heterocycles. The summed E-state index contributed by atoms with van der Waals surface area (Å²) >= 11 is 0. The smallest absolute Gasteiger partial charge is 0.226 e. The number of oxazole rings is 1. The molecule has 0 saturated carbocycles. The van der Waals surface area contributed by atoms with E-state index < -0.39 is 0 Å². The van der Waals surface area contributed by atoms with Gasteiger partial charge in [-0.1, -0.05) is 24.1 Å². The quantitative estimate of drug-likeness (QED) is 0.796. The number of aromatic nitrogens is 1. The first kappa shape index (κ1) is 18.6. The fourth-order valence-electron chi connectivity index (χ4n) is 3.37. The summed E-state index contributed by atoms with van der Waals surface area (Å²) < 4.78 is 5.68. The Morgan fingerprint density at radius 2 is 2.15 bits per heavy atom. The van der Waals surface area contributed by atoms with Crippen LogP contribution in [0.5, 0.6) is 0 Å². The van der Waals surface area contributed by atoms with Crippen molar-refractivity contribution in [2.75, 3.05) is 19.6 Å². The van der Waals surface area contributed by atoms with Crippen LogP contribution < -0.4 is 11.1 Å². The van der Waals surface area contributed by atoms with Gasteiger partial charge >= 0.3 is 0 Å². The van der Waals surface area contributed by atoms with Crippen LogP contribution >= 0.6 is 0 Å². The van der Waals surface area contributed by atoms with Gasteiger partial charge in [0.15, 0.2) is 0 Å². The van der Waals surface area contributed by atoms with Crippen molar-refractivity contribution >= 4 is 5.91 Å². The molecule has 6 heteroatoms. The molecule has 0 bridgehead atoms. The number of carbonyl (C=O) groups is 1. The van der Waals surface area contributed by atoms with Crippen molar-refractivity contribution < 1.29 is 9.21 Å². The van der Waals surface area contributed by atoms with Crippen molar-refractivity contribution in [1.29, 1.82) is 0 Å². The molecular formula is C20H28N4O2. The topological polar surface area (TPSA) is 84.4 Å². The number of rotatable bonds is 7. The Morgan fingerprint density at radius 3 is 2.92 bits per heavy atom. The minimum atomic E-state index is 0.0288. The lowest BCUT2D eigenvalue weighted by Gasteiger charge is -2.35. The van der Waals surface area contributed by atoms with Gasteiger partial charge in [0.1, 0.15) is 6.26 Å². The lowest BCUT2D eigenvalue weighted by molar-refractivity contribution is -0.121. The van der Waals surface area contributed by atoms with Crippen LogP contribution in [0.15, 0.2) is 34.9 Å². The van der Waals surface area contributed by atoms with Gasteiger partial charge in [0.25, 0.3) is 0 Å². The maximum atomic E-state index is 11.7. The number of likely N-dealkylation sites (tertiary alicyclic amines) is 1. The van der Waals surface area contributed by atoms with Crippen molar-refractivity contribution in [3.63, 3.8) is 0 Å². The Hall–Kier alpha value is -2.18. The molecular weight excluding hydrogens is 328 g/mol. The summed E-state index contributed by atoms with van der Waals surface area (Å²) in [5.74, 6) is 0.686. The minimum Gasteiger partial charge on any atom is -0.444 e. The molecule has 2 aromatic rings. The summed E-state index contributed by atoms with van der Waals surface area (Å²) in [4.78, 5) is 18.7. The van der Waals surface area contributed by atoms with Gasteiger partial charge in [0.2, 0.25) is 11.8 Å². The number of amides is 1. The maximum Gasteiger partial charge on any atom is 0.226 e. The van der Waals surface area contributed by atoms with Crippen LogP contribution in [0.1, 0.15) is 36.9 Å². The lowest BCUT2D eigenvalue weighted by Crippen LogP contribution is -2.46. The molecule has 6 nitrogen and oxygen atoms in total. The highest BCUT2D eigenvalue weighted by molar-refractivity contribution is 5.76. The Bertz CT molecular complexity index is 711. The van der Waals surface area contributed by atoms with E-state index >= 15 is 0 Å². The van der Waals surface area contributed by atoms with E-state index in [2.05, 4.69) is 34.3 Å². The first-order chi connectivity index (χ1) is 12.7. The molecule has 0 radical (unpaired) electrons. The van der Waals surface area contributed by atoms with E-state index in [9.17, 15) is 4.79 Å². The van der Waals surface area contributed by atoms with Gasteiger partial charge in [-0.3, -0.25) is 9.69 Å². The minimum absolute atomic E-state index is 0.0288. The molecule has 1 amide bonds. The summed E-state index contributed by atoms with van der Waals surface area (Å²) in [7, 11) is 0. The van der Waals surface area contributed by atoms with Gasteiger partial charge in [0, 0.05) is 37.7 Å². The number of nitrogens with zero attached hydrogens (tertiary/aromatic N) is 2. The summed E-state index contributed by atoms with van der Waals surface area (Å²) in [6.45, 7) is 4.88. The van der Waals surface area contributed by atoms with Gasteiger partial charge in [-0.25, -0.2) is 4.98 Å². The highest BCUT2D eigenvalue weighted by Crippen LogP contribution is 2.22. The predicted octanol–water partition coefficient (Wildman–Crippen LogP) is 2.47. The number of nitrogens with one attached hydrogen (secondary N) is 1. The largest absolute Gasteiger partial charge is 0.444 e. The normalized spacial score (nSPS) is 18.0. The van der Waals surface area contributed by atoms with Gasteiger partial charge in [-0.2, -0.15) is 0 Å². The van der Waals surface area contributed by atoms with Crippen LogP contribution in [0.25, 0.3) is 11.5 Å². The predicted molar refractivity (Wildman–Crippen MR) is 101 cm³/mol. The van der Waals surface area contributed by atoms with E-state index in [0.717, 1.165) is 30.8 Å². The molecule has 26 heavy (non-hydrogen) atoms. The van der Waals surface area contributed by atoms with Crippen molar-refractivity contribution in [1.82, 2.24) is 15.2 Å². The number of benzene rings is 1. The number of nitrogens with two attached hydrogens (primary N) is 1. The molecule has 0 aliphatic carbocycles. The third-order valence-corrected chi connectivity index (χ3v) is 4.87. The standard InChI is InChI=1S/C20H28N4O2/c1-15-5-7-16(8-6-15)20-23-17(14-26-20)13-24-11-3-2-4-18(24)12-22-19(25)9-10-21/h5-8,14,18H,2-4,9-13,21H2,1H3,(H,22,25). The van der Waals surface area contributed by atoms with E-state index in [1.54, 1.807) is 6.26 Å². The Labute approximate surface area is 154 Å². The molecule has 140 valence electrons. The Kier molecular flexibility index (Phi) is 6.41. The molecule has 1 aliphatic rings. The van der Waals surface area contributed by atoms with Gasteiger partial charge in [-0.05, 0) is 38.4 Å². The van der Waals surface area contributed by atoms with Crippen LogP contribution in [0.2, 0.25) is 0 Å². The maximum absolute atomic E-state index is 11.7. The third kappa shape index (κ3) is 4.93. The molecule has 1 aromatic heterocycles. The molecule has 1 aliphatic heterocycles. The molecule has 0 spiro atoms. The Morgan fingerprint density at radius 1 is 1.35 bits per heavy atom. The lowest BCUT2D eigenvalue weighted by atomic mass is 10.0. The van der Waals surface area contributed by atoms with E-state index in [4.69, 9.17) is 10.2 Å². The number of piperidine rings is 1. The first-order valence-electron chi connectivity index (χ1n) is 9.38. The van der Waals surface area contributed by atoms with Crippen LogP contribution in [0, 0.1) is 6.92 Å². The highest BCUT2D eigenvalue weighted by atomic mass is 16.3. The second-order valence-corrected chi connectivity index (χ2v) is 6.97. The summed E-state index contributed by atoms with van der Waals surface area (Å²) in [6.07, 6.45) is 5.59. The van der Waals surface area contributed by atoms with E-state index in [-0.39, 0.29) is 5.91 Å². The van der Waals surface area contributed by atoms with Crippen LogP contribution in [-0.4, -0.2) is 41.5 Å². The highest BCUT2D eigenvalue weighted by Gasteiger charge is 2.24. The second-order valence-electron chi connectivity index (χ2n) is 6.97. The molecule has 3 N–H and O–H groups in total. The monoisotopic (exact) mass is 356 g/mol. The molecule has 1 atom stereocenters. The van der Waals surface area contributed by atoms with E-state index in [0.29, 0.717) is 31.4 Å². The van der Waals surface area contributed by atoms with Crippen LogP contribution in [0.4, 0.5) is 0 Å². The second kappa shape index (κ2) is 8.96. The summed E-state index contributed by atoms with van der Waals surface area (Å²) in [5, 5.41) is 3.00. The molecule has 3 rings (SSSR count).